The quantitative estimate of drug-likeness (QED) is 0.674. The van der Waals surface area contributed by atoms with Crippen LogP contribution in [0.1, 0.15) is 19.0 Å². The molecule has 1 aromatic heterocycles. The Labute approximate surface area is 113 Å². The molecular formula is C13H13F4N3. The molecule has 2 aromatic rings. The van der Waals surface area contributed by atoms with Crippen molar-refractivity contribution in [1.82, 2.24) is 9.78 Å². The van der Waals surface area contributed by atoms with Gasteiger partial charge in [0.15, 0.2) is 23.3 Å². The number of anilines is 1. The molecule has 7 heteroatoms. The lowest BCUT2D eigenvalue weighted by Crippen LogP contribution is -2.11. The molecule has 0 aliphatic heterocycles. The number of hydrogen-bond donors (Lipinski definition) is 1. The van der Waals surface area contributed by atoms with Crippen LogP contribution in [0.4, 0.5) is 23.2 Å². The summed E-state index contributed by atoms with van der Waals surface area (Å²) in [5.41, 5.74) is -0.151. The maximum Gasteiger partial charge on any atom is 0.185 e. The van der Waals surface area contributed by atoms with Gasteiger partial charge in [-0.25, -0.2) is 17.6 Å². The SMILES string of the molecule is CCCn1nccc1CNc1c(F)c(F)cc(F)c1F. The van der Waals surface area contributed by atoms with Gasteiger partial charge in [0.05, 0.1) is 12.2 Å². The molecule has 108 valence electrons. The highest BCUT2D eigenvalue weighted by Gasteiger charge is 2.19. The van der Waals surface area contributed by atoms with E-state index in [1.165, 1.54) is 0 Å². The second kappa shape index (κ2) is 5.94. The van der Waals surface area contributed by atoms with Crippen LogP contribution in [0, 0.1) is 23.3 Å². The third-order valence-corrected chi connectivity index (χ3v) is 2.80. The Kier molecular flexibility index (Phi) is 4.26. The van der Waals surface area contributed by atoms with E-state index in [-0.39, 0.29) is 12.6 Å². The van der Waals surface area contributed by atoms with Gasteiger partial charge in [0.2, 0.25) is 0 Å². The van der Waals surface area contributed by atoms with Gasteiger partial charge in [0.1, 0.15) is 5.69 Å². The van der Waals surface area contributed by atoms with Crippen molar-refractivity contribution in [2.24, 2.45) is 0 Å². The average Bonchev–Trinajstić information content (AvgIpc) is 2.84. The zero-order chi connectivity index (χ0) is 14.7. The van der Waals surface area contributed by atoms with Gasteiger partial charge in [-0.1, -0.05) is 6.92 Å². The van der Waals surface area contributed by atoms with Crippen molar-refractivity contribution >= 4 is 5.69 Å². The molecule has 0 bridgehead atoms. The van der Waals surface area contributed by atoms with Crippen LogP contribution in [-0.2, 0) is 13.1 Å². The molecule has 0 amide bonds. The van der Waals surface area contributed by atoms with Gasteiger partial charge < -0.3 is 5.32 Å². The highest BCUT2D eigenvalue weighted by Crippen LogP contribution is 2.24. The van der Waals surface area contributed by atoms with Crippen LogP contribution >= 0.6 is 0 Å². The standard InChI is InChI=1S/C13H13F4N3/c1-2-5-20-8(3-4-19-20)7-18-13-11(16)9(14)6-10(15)12(13)17/h3-4,6,18H,2,5,7H2,1H3. The molecule has 0 spiro atoms. The van der Waals surface area contributed by atoms with Gasteiger partial charge in [-0.3, -0.25) is 4.68 Å². The van der Waals surface area contributed by atoms with Crippen LogP contribution in [0.5, 0.6) is 0 Å². The molecule has 0 fully saturated rings. The predicted molar refractivity (Wildman–Crippen MR) is 66.1 cm³/mol. The first-order chi connectivity index (χ1) is 9.54. The molecule has 0 saturated heterocycles. The zero-order valence-corrected chi connectivity index (χ0v) is 10.8. The normalized spacial score (nSPS) is 10.8. The summed E-state index contributed by atoms with van der Waals surface area (Å²) in [6.45, 7) is 2.61. The van der Waals surface area contributed by atoms with Crippen LogP contribution < -0.4 is 5.32 Å². The molecule has 2 rings (SSSR count). The molecule has 0 aliphatic rings. The van der Waals surface area contributed by atoms with Gasteiger partial charge in [-0.15, -0.1) is 0 Å². The van der Waals surface area contributed by atoms with E-state index >= 15 is 0 Å². The highest BCUT2D eigenvalue weighted by molar-refractivity contribution is 5.47. The Morgan fingerprint density at radius 3 is 2.40 bits per heavy atom. The van der Waals surface area contributed by atoms with Crippen molar-refractivity contribution in [2.75, 3.05) is 5.32 Å². The fraction of sp³-hybridized carbons (Fsp3) is 0.308. The monoisotopic (exact) mass is 287 g/mol. The summed E-state index contributed by atoms with van der Waals surface area (Å²) in [5, 5.41) is 6.41. The summed E-state index contributed by atoms with van der Waals surface area (Å²) in [4.78, 5) is 0. The van der Waals surface area contributed by atoms with E-state index in [2.05, 4.69) is 10.4 Å². The van der Waals surface area contributed by atoms with E-state index in [1.54, 1.807) is 16.9 Å². The molecule has 1 heterocycles. The molecule has 0 atom stereocenters. The molecule has 20 heavy (non-hydrogen) atoms. The largest absolute Gasteiger partial charge is 0.374 e. The van der Waals surface area contributed by atoms with Crippen molar-refractivity contribution < 1.29 is 17.6 Å². The molecule has 0 aliphatic carbocycles. The van der Waals surface area contributed by atoms with Gasteiger partial charge in [0.25, 0.3) is 0 Å². The Bertz CT molecular complexity index is 584. The van der Waals surface area contributed by atoms with Crippen LogP contribution in [0.2, 0.25) is 0 Å². The van der Waals surface area contributed by atoms with E-state index in [9.17, 15) is 17.6 Å². The van der Waals surface area contributed by atoms with E-state index < -0.39 is 29.0 Å². The van der Waals surface area contributed by atoms with Crippen molar-refractivity contribution in [1.29, 1.82) is 0 Å². The average molecular weight is 287 g/mol. The molecule has 0 saturated carbocycles. The zero-order valence-electron chi connectivity index (χ0n) is 10.8. The van der Waals surface area contributed by atoms with Crippen molar-refractivity contribution in [2.45, 2.75) is 26.4 Å². The summed E-state index contributed by atoms with van der Waals surface area (Å²) >= 11 is 0. The lowest BCUT2D eigenvalue weighted by Gasteiger charge is -2.11. The second-order valence-electron chi connectivity index (χ2n) is 4.24. The topological polar surface area (TPSA) is 29.9 Å². The van der Waals surface area contributed by atoms with Gasteiger partial charge >= 0.3 is 0 Å². The van der Waals surface area contributed by atoms with Crippen LogP contribution in [0.15, 0.2) is 18.3 Å². The minimum absolute atomic E-state index is 0.0106. The molecule has 1 aromatic carbocycles. The van der Waals surface area contributed by atoms with Crippen LogP contribution in [0.3, 0.4) is 0 Å². The smallest absolute Gasteiger partial charge is 0.185 e. The number of aryl methyl sites for hydroxylation is 1. The Morgan fingerprint density at radius 1 is 1.15 bits per heavy atom. The van der Waals surface area contributed by atoms with Crippen LogP contribution in [0.25, 0.3) is 0 Å². The van der Waals surface area contributed by atoms with Crippen LogP contribution in [-0.4, -0.2) is 9.78 Å². The fourth-order valence-corrected chi connectivity index (χ4v) is 1.83. The summed E-state index contributed by atoms with van der Waals surface area (Å²) in [7, 11) is 0. The summed E-state index contributed by atoms with van der Waals surface area (Å²) in [6.07, 6.45) is 2.39. The summed E-state index contributed by atoms with van der Waals surface area (Å²) in [5.74, 6) is -5.75. The number of nitrogens with zero attached hydrogens (tertiary/aromatic N) is 2. The Morgan fingerprint density at radius 2 is 1.80 bits per heavy atom. The van der Waals surface area contributed by atoms with Crippen molar-refractivity contribution in [3.63, 3.8) is 0 Å². The van der Waals surface area contributed by atoms with Gasteiger partial charge in [0, 0.05) is 18.8 Å². The van der Waals surface area contributed by atoms with E-state index in [1.807, 2.05) is 6.92 Å². The van der Waals surface area contributed by atoms with E-state index in [4.69, 9.17) is 0 Å². The first-order valence-electron chi connectivity index (χ1n) is 6.12. The maximum absolute atomic E-state index is 13.5. The molecule has 0 unspecified atom stereocenters. The molecule has 1 N–H and O–H groups in total. The lowest BCUT2D eigenvalue weighted by atomic mass is 10.2. The molecule has 3 nitrogen and oxygen atoms in total. The van der Waals surface area contributed by atoms with E-state index in [0.29, 0.717) is 12.2 Å². The maximum atomic E-state index is 13.5. The number of halogens is 4. The van der Waals surface area contributed by atoms with Gasteiger partial charge in [-0.2, -0.15) is 5.10 Å². The summed E-state index contributed by atoms with van der Waals surface area (Å²) in [6, 6.07) is 1.84. The third-order valence-electron chi connectivity index (χ3n) is 2.80. The Hall–Kier alpha value is -2.05. The Balaban J connectivity index is 2.21. The van der Waals surface area contributed by atoms with Gasteiger partial charge in [-0.05, 0) is 12.5 Å². The molecular weight excluding hydrogens is 274 g/mol. The number of benzene rings is 1. The third kappa shape index (κ3) is 2.76. The first kappa shape index (κ1) is 14.4. The molecule has 0 radical (unpaired) electrons. The second-order valence-corrected chi connectivity index (χ2v) is 4.24. The van der Waals surface area contributed by atoms with Crippen molar-refractivity contribution in [3.05, 3.63) is 47.3 Å². The number of aromatic nitrogens is 2. The minimum Gasteiger partial charge on any atom is -0.374 e. The number of hydrogen-bond acceptors (Lipinski definition) is 2. The highest BCUT2D eigenvalue weighted by atomic mass is 19.2. The first-order valence-corrected chi connectivity index (χ1v) is 6.12. The summed E-state index contributed by atoms with van der Waals surface area (Å²) < 4.78 is 54.7. The van der Waals surface area contributed by atoms with Crippen molar-refractivity contribution in [3.8, 4) is 0 Å². The minimum atomic E-state index is -1.44. The fourth-order valence-electron chi connectivity index (χ4n) is 1.83. The lowest BCUT2D eigenvalue weighted by molar-refractivity contribution is 0.457. The van der Waals surface area contributed by atoms with E-state index in [0.717, 1.165) is 6.42 Å². The number of rotatable bonds is 5. The number of nitrogens with one attached hydrogen (secondary N) is 1. The predicted octanol–water partition coefficient (Wildman–Crippen LogP) is 3.46.